The minimum atomic E-state index is -3.33. The highest BCUT2D eigenvalue weighted by atomic mass is 32.2. The van der Waals surface area contributed by atoms with Crippen molar-refractivity contribution in [2.24, 2.45) is 0 Å². The van der Waals surface area contributed by atoms with Crippen molar-refractivity contribution < 1.29 is 22.7 Å². The fourth-order valence-electron chi connectivity index (χ4n) is 3.01. The van der Waals surface area contributed by atoms with Crippen molar-refractivity contribution in [3.63, 3.8) is 0 Å². The summed E-state index contributed by atoms with van der Waals surface area (Å²) in [6.07, 6.45) is 0.561. The molecule has 0 aliphatic carbocycles. The van der Waals surface area contributed by atoms with Gasteiger partial charge in [0.2, 0.25) is 10.0 Å². The largest absolute Gasteiger partial charge is 0.497 e. The Kier molecular flexibility index (Phi) is 6.07. The summed E-state index contributed by atoms with van der Waals surface area (Å²) in [5.41, 5.74) is 2.42. The number of carbonyl (C=O) groups excluding carboxylic acids is 2. The first-order chi connectivity index (χ1) is 13.8. The second-order valence-electron chi connectivity index (χ2n) is 6.73. The van der Waals surface area contributed by atoms with Gasteiger partial charge in [-0.15, -0.1) is 0 Å². The number of hydrogen-bond donors (Lipinski definition) is 2. The molecule has 0 aromatic heterocycles. The van der Waals surface area contributed by atoms with Gasteiger partial charge in [0.15, 0.2) is 0 Å². The van der Waals surface area contributed by atoms with E-state index >= 15 is 0 Å². The monoisotopic (exact) mass is 417 g/mol. The lowest BCUT2D eigenvalue weighted by Crippen LogP contribution is -2.35. The molecule has 1 fully saturated rings. The van der Waals surface area contributed by atoms with E-state index in [1.54, 1.807) is 56.5 Å². The van der Waals surface area contributed by atoms with Crippen LogP contribution in [0, 0.1) is 6.92 Å². The molecule has 2 aromatic carbocycles. The van der Waals surface area contributed by atoms with Crippen molar-refractivity contribution in [2.45, 2.75) is 19.9 Å². The number of rotatable bonds is 5. The second-order valence-corrected chi connectivity index (χ2v) is 8.74. The summed E-state index contributed by atoms with van der Waals surface area (Å²) in [4.78, 5) is 24.4. The Labute approximate surface area is 169 Å². The summed E-state index contributed by atoms with van der Waals surface area (Å²) < 4.78 is 30.6. The maximum Gasteiger partial charge on any atom is 0.313 e. The summed E-state index contributed by atoms with van der Waals surface area (Å²) in [6, 6.07) is 12.1. The van der Waals surface area contributed by atoms with Crippen molar-refractivity contribution in [2.75, 3.05) is 29.0 Å². The number of anilines is 2. The molecule has 1 aliphatic heterocycles. The zero-order chi connectivity index (χ0) is 21.0. The number of nitrogens with one attached hydrogen (secondary N) is 2. The van der Waals surface area contributed by atoms with Crippen LogP contribution in [0.4, 0.5) is 11.4 Å². The van der Waals surface area contributed by atoms with Crippen molar-refractivity contribution in [1.82, 2.24) is 5.32 Å². The molecule has 8 nitrogen and oxygen atoms in total. The maximum absolute atomic E-state index is 12.3. The van der Waals surface area contributed by atoms with Gasteiger partial charge >= 0.3 is 11.8 Å². The second kappa shape index (κ2) is 8.52. The third-order valence-electron chi connectivity index (χ3n) is 4.67. The van der Waals surface area contributed by atoms with E-state index in [0.29, 0.717) is 30.1 Å². The van der Waals surface area contributed by atoms with Crippen LogP contribution >= 0.6 is 0 Å². The number of benzene rings is 2. The van der Waals surface area contributed by atoms with Crippen LogP contribution in [0.5, 0.6) is 5.75 Å². The molecule has 154 valence electrons. The van der Waals surface area contributed by atoms with Crippen LogP contribution in [0.25, 0.3) is 0 Å². The predicted molar refractivity (Wildman–Crippen MR) is 110 cm³/mol. The molecule has 0 atom stereocenters. The first-order valence-electron chi connectivity index (χ1n) is 9.13. The molecule has 0 radical (unpaired) electrons. The smallest absolute Gasteiger partial charge is 0.313 e. The van der Waals surface area contributed by atoms with E-state index in [4.69, 9.17) is 4.74 Å². The number of nitrogens with zero attached hydrogens (tertiary/aromatic N) is 1. The number of amides is 2. The molecule has 29 heavy (non-hydrogen) atoms. The average Bonchev–Trinajstić information content (AvgIpc) is 3.07. The van der Waals surface area contributed by atoms with E-state index in [0.717, 1.165) is 11.1 Å². The van der Waals surface area contributed by atoms with Crippen LogP contribution in [0.1, 0.15) is 17.5 Å². The van der Waals surface area contributed by atoms with E-state index in [9.17, 15) is 18.0 Å². The van der Waals surface area contributed by atoms with E-state index in [2.05, 4.69) is 10.6 Å². The van der Waals surface area contributed by atoms with Crippen LogP contribution in [-0.2, 0) is 26.2 Å². The Bertz CT molecular complexity index is 1020. The van der Waals surface area contributed by atoms with E-state index in [1.165, 1.54) is 4.31 Å². The molecule has 1 heterocycles. The van der Waals surface area contributed by atoms with Crippen molar-refractivity contribution in [3.05, 3.63) is 53.6 Å². The molecule has 0 bridgehead atoms. The van der Waals surface area contributed by atoms with Crippen LogP contribution < -0.4 is 19.7 Å². The number of sulfonamides is 1. The summed E-state index contributed by atoms with van der Waals surface area (Å²) in [6.45, 7) is 2.37. The molecule has 1 saturated heterocycles. The standard InChI is InChI=1S/C20H23N3O5S/c1-14-4-7-16(23-10-3-11-29(23,26)27)12-18(14)22-20(25)19(24)21-13-15-5-8-17(28-2)9-6-15/h4-9,12H,3,10-11,13H2,1-2H3,(H,21,24)(H,22,25). The highest BCUT2D eigenvalue weighted by Gasteiger charge is 2.28. The first kappa shape index (κ1) is 20.7. The summed E-state index contributed by atoms with van der Waals surface area (Å²) in [5, 5.41) is 5.12. The minimum Gasteiger partial charge on any atom is -0.497 e. The van der Waals surface area contributed by atoms with Crippen molar-refractivity contribution >= 4 is 33.2 Å². The summed E-state index contributed by atoms with van der Waals surface area (Å²) in [5.74, 6) is -0.785. The van der Waals surface area contributed by atoms with Gasteiger partial charge in [-0.05, 0) is 48.7 Å². The van der Waals surface area contributed by atoms with Crippen molar-refractivity contribution in [1.29, 1.82) is 0 Å². The number of ether oxygens (including phenoxy) is 1. The van der Waals surface area contributed by atoms with Gasteiger partial charge in [0, 0.05) is 18.8 Å². The predicted octanol–water partition coefficient (Wildman–Crippen LogP) is 1.80. The van der Waals surface area contributed by atoms with Gasteiger partial charge in [0.05, 0.1) is 18.6 Å². The number of hydrogen-bond acceptors (Lipinski definition) is 5. The number of carbonyl (C=O) groups is 2. The van der Waals surface area contributed by atoms with Gasteiger partial charge in [-0.2, -0.15) is 0 Å². The van der Waals surface area contributed by atoms with Gasteiger partial charge in [-0.25, -0.2) is 8.42 Å². The van der Waals surface area contributed by atoms with E-state index < -0.39 is 21.8 Å². The van der Waals surface area contributed by atoms with Crippen LogP contribution in [0.3, 0.4) is 0 Å². The van der Waals surface area contributed by atoms with Gasteiger partial charge in [0.1, 0.15) is 5.75 Å². The third kappa shape index (κ3) is 4.86. The molecule has 0 unspecified atom stereocenters. The highest BCUT2D eigenvalue weighted by Crippen LogP contribution is 2.28. The Morgan fingerprint density at radius 1 is 1.10 bits per heavy atom. The topological polar surface area (TPSA) is 105 Å². The number of methoxy groups -OCH3 is 1. The Balaban J connectivity index is 1.64. The Morgan fingerprint density at radius 3 is 2.45 bits per heavy atom. The van der Waals surface area contributed by atoms with E-state index in [-0.39, 0.29) is 12.3 Å². The summed E-state index contributed by atoms with van der Waals surface area (Å²) >= 11 is 0. The zero-order valence-corrected chi connectivity index (χ0v) is 17.1. The molecule has 9 heteroatoms. The molecule has 0 spiro atoms. The molecule has 1 aliphatic rings. The van der Waals surface area contributed by atoms with Crippen molar-refractivity contribution in [3.8, 4) is 5.75 Å². The first-order valence-corrected chi connectivity index (χ1v) is 10.7. The van der Waals surface area contributed by atoms with Crippen LogP contribution in [-0.4, -0.2) is 39.6 Å². The lowest BCUT2D eigenvalue weighted by Gasteiger charge is -2.19. The molecule has 2 amide bonds. The molecule has 2 aromatic rings. The highest BCUT2D eigenvalue weighted by molar-refractivity contribution is 7.93. The zero-order valence-electron chi connectivity index (χ0n) is 16.3. The van der Waals surface area contributed by atoms with Gasteiger partial charge in [0.25, 0.3) is 0 Å². The quantitative estimate of drug-likeness (QED) is 0.722. The molecule has 3 rings (SSSR count). The summed E-state index contributed by atoms with van der Waals surface area (Å²) in [7, 11) is -1.76. The maximum atomic E-state index is 12.3. The SMILES string of the molecule is COc1ccc(CNC(=O)C(=O)Nc2cc(N3CCCS3(=O)=O)ccc2C)cc1. The molecule has 2 N–H and O–H groups in total. The fraction of sp³-hybridized carbons (Fsp3) is 0.300. The normalized spacial score (nSPS) is 15.0. The van der Waals surface area contributed by atoms with Gasteiger partial charge in [-0.3, -0.25) is 13.9 Å². The van der Waals surface area contributed by atoms with Gasteiger partial charge in [-0.1, -0.05) is 18.2 Å². The molecule has 0 saturated carbocycles. The fourth-order valence-corrected chi connectivity index (χ4v) is 4.57. The minimum absolute atomic E-state index is 0.107. The Morgan fingerprint density at radius 2 is 1.83 bits per heavy atom. The average molecular weight is 417 g/mol. The lowest BCUT2D eigenvalue weighted by molar-refractivity contribution is -0.136. The van der Waals surface area contributed by atoms with Crippen LogP contribution in [0.15, 0.2) is 42.5 Å². The van der Waals surface area contributed by atoms with Crippen LogP contribution in [0.2, 0.25) is 0 Å². The molecular weight excluding hydrogens is 394 g/mol. The molecular formula is C20H23N3O5S. The lowest BCUT2D eigenvalue weighted by atomic mass is 10.1. The van der Waals surface area contributed by atoms with E-state index in [1.807, 2.05) is 0 Å². The Hall–Kier alpha value is -3.07. The number of aryl methyl sites for hydroxylation is 1. The third-order valence-corrected chi connectivity index (χ3v) is 6.54. The van der Waals surface area contributed by atoms with Gasteiger partial charge < -0.3 is 15.4 Å².